The number of hydrogen-bond acceptors (Lipinski definition) is 4. The number of piperidine rings is 1. The first-order valence-electron chi connectivity index (χ1n) is 10.6. The first kappa shape index (κ1) is 20.0. The highest BCUT2D eigenvalue weighted by atomic mass is 19.4. The molecule has 1 atom stereocenters. The molecule has 1 aliphatic carbocycles. The molecule has 1 N–H and O–H groups in total. The fraction of sp³-hybridized carbons (Fsp3) is 0.524. The summed E-state index contributed by atoms with van der Waals surface area (Å²) in [6.45, 7) is 2.77. The molecule has 1 saturated carbocycles. The first-order valence-corrected chi connectivity index (χ1v) is 10.6. The summed E-state index contributed by atoms with van der Waals surface area (Å²) in [5.41, 5.74) is 1.65. The van der Waals surface area contributed by atoms with Crippen LogP contribution in [-0.2, 0) is 12.6 Å². The molecule has 0 radical (unpaired) electrons. The van der Waals surface area contributed by atoms with E-state index in [4.69, 9.17) is 0 Å². The highest BCUT2D eigenvalue weighted by Crippen LogP contribution is 2.39. The zero-order chi connectivity index (χ0) is 21.8. The van der Waals surface area contributed by atoms with Gasteiger partial charge in [-0.25, -0.2) is 9.50 Å². The van der Waals surface area contributed by atoms with Gasteiger partial charge in [-0.15, -0.1) is 0 Å². The highest BCUT2D eigenvalue weighted by molar-refractivity contribution is 5.92. The smallest absolute Gasteiger partial charge is 0.337 e. The third kappa shape index (κ3) is 3.79. The zero-order valence-corrected chi connectivity index (χ0v) is 17.1. The predicted molar refractivity (Wildman–Crippen MR) is 106 cm³/mol. The molecule has 2 fully saturated rings. The summed E-state index contributed by atoms with van der Waals surface area (Å²) in [6, 6.07) is 4.49. The van der Waals surface area contributed by atoms with Crippen LogP contribution >= 0.6 is 0 Å². The monoisotopic (exact) mass is 432 g/mol. The maximum atomic E-state index is 13.6. The summed E-state index contributed by atoms with van der Waals surface area (Å²) in [4.78, 5) is 19.0. The van der Waals surface area contributed by atoms with E-state index in [2.05, 4.69) is 20.3 Å². The van der Waals surface area contributed by atoms with E-state index in [0.29, 0.717) is 42.5 Å². The minimum atomic E-state index is -4.53. The lowest BCUT2D eigenvalue weighted by Gasteiger charge is -2.31. The number of hydrogen-bond donors (Lipinski definition) is 1. The van der Waals surface area contributed by atoms with Gasteiger partial charge in [-0.2, -0.15) is 23.4 Å². The molecular formula is C21H23F3N6O. The van der Waals surface area contributed by atoms with Crippen LogP contribution in [0.1, 0.15) is 77.7 Å². The molecule has 31 heavy (non-hydrogen) atoms. The fourth-order valence-electron chi connectivity index (χ4n) is 4.24. The van der Waals surface area contributed by atoms with Crippen molar-refractivity contribution in [3.05, 3.63) is 46.7 Å². The number of carbonyl (C=O) groups excluding carboxylic acids is 1. The maximum absolute atomic E-state index is 13.6. The summed E-state index contributed by atoms with van der Waals surface area (Å²) in [5.74, 6) is 0.177. The maximum Gasteiger partial charge on any atom is 0.433 e. The number of halogens is 3. The van der Waals surface area contributed by atoms with Gasteiger partial charge < -0.3 is 4.90 Å². The topological polar surface area (TPSA) is 79.2 Å². The lowest BCUT2D eigenvalue weighted by Crippen LogP contribution is -2.39. The zero-order valence-electron chi connectivity index (χ0n) is 17.1. The van der Waals surface area contributed by atoms with Gasteiger partial charge in [0.05, 0.1) is 5.69 Å². The SMILES string of the molecule is CCc1cc(C(F)(F)F)n2nc([C@H]3CCCN(C(=O)c4cc(C5CC5)[nH]n4)C3)cc2n1. The number of H-pyrrole nitrogens is 1. The second kappa shape index (κ2) is 7.35. The molecule has 3 aromatic rings. The molecule has 7 nitrogen and oxygen atoms in total. The molecular weight excluding hydrogens is 409 g/mol. The average Bonchev–Trinajstić information content (AvgIpc) is 3.32. The van der Waals surface area contributed by atoms with Gasteiger partial charge in [0.15, 0.2) is 5.65 Å². The van der Waals surface area contributed by atoms with Gasteiger partial charge in [-0.3, -0.25) is 9.89 Å². The second-order valence-electron chi connectivity index (χ2n) is 8.40. The molecule has 3 aromatic heterocycles. The number of amides is 1. The standard InChI is InChI=1S/C21H23F3N6O/c1-2-14-8-18(21(22,23)24)30-19(25-14)10-16(28-30)13-4-3-7-29(11-13)20(31)17-9-15(26-27-17)12-5-6-12/h8-10,12-13H,2-7,11H2,1H3,(H,26,27)/t13-/m0/s1. The van der Waals surface area contributed by atoms with Crippen molar-refractivity contribution >= 4 is 11.6 Å². The molecule has 0 aromatic carbocycles. The number of nitrogens with one attached hydrogen (secondary N) is 1. The number of rotatable bonds is 4. The summed E-state index contributed by atoms with van der Waals surface area (Å²) in [6.07, 6.45) is -0.389. The number of carbonyl (C=O) groups is 1. The third-order valence-corrected chi connectivity index (χ3v) is 6.11. The van der Waals surface area contributed by atoms with Crippen molar-refractivity contribution in [2.24, 2.45) is 0 Å². The van der Waals surface area contributed by atoms with E-state index in [1.165, 1.54) is 0 Å². The van der Waals surface area contributed by atoms with Crippen molar-refractivity contribution in [3.8, 4) is 0 Å². The summed E-state index contributed by atoms with van der Waals surface area (Å²) in [5, 5.41) is 11.4. The summed E-state index contributed by atoms with van der Waals surface area (Å²) in [7, 11) is 0. The Morgan fingerprint density at radius 1 is 1.19 bits per heavy atom. The highest BCUT2D eigenvalue weighted by Gasteiger charge is 2.36. The Labute approximate surface area is 176 Å². The van der Waals surface area contributed by atoms with E-state index in [0.717, 1.165) is 42.0 Å². The van der Waals surface area contributed by atoms with Crippen molar-refractivity contribution in [2.45, 2.75) is 57.0 Å². The molecule has 164 valence electrons. The molecule has 4 heterocycles. The minimum absolute atomic E-state index is 0.146. The van der Waals surface area contributed by atoms with Crippen molar-refractivity contribution in [1.82, 2.24) is 29.7 Å². The number of nitrogens with zero attached hydrogens (tertiary/aromatic N) is 5. The van der Waals surface area contributed by atoms with Crippen molar-refractivity contribution < 1.29 is 18.0 Å². The van der Waals surface area contributed by atoms with Gasteiger partial charge in [-0.05, 0) is 44.2 Å². The van der Waals surface area contributed by atoms with Crippen molar-refractivity contribution in [3.63, 3.8) is 0 Å². The third-order valence-electron chi connectivity index (χ3n) is 6.11. The van der Waals surface area contributed by atoms with E-state index in [9.17, 15) is 18.0 Å². The summed E-state index contributed by atoms with van der Waals surface area (Å²) < 4.78 is 41.5. The van der Waals surface area contributed by atoms with Crippen LogP contribution in [0.3, 0.4) is 0 Å². The average molecular weight is 432 g/mol. The number of alkyl halides is 3. The molecule has 10 heteroatoms. The second-order valence-corrected chi connectivity index (χ2v) is 8.40. The van der Waals surface area contributed by atoms with Crippen LogP contribution < -0.4 is 0 Å². The summed E-state index contributed by atoms with van der Waals surface area (Å²) >= 11 is 0. The Morgan fingerprint density at radius 2 is 2.00 bits per heavy atom. The number of aromatic amines is 1. The molecule has 1 amide bonds. The van der Waals surface area contributed by atoms with E-state index >= 15 is 0 Å². The fourth-order valence-corrected chi connectivity index (χ4v) is 4.24. The van der Waals surface area contributed by atoms with Gasteiger partial charge in [0.25, 0.3) is 5.91 Å². The molecule has 0 unspecified atom stereocenters. The normalized spacial score (nSPS) is 19.9. The van der Waals surface area contributed by atoms with Gasteiger partial charge >= 0.3 is 6.18 Å². The first-order chi connectivity index (χ1) is 14.8. The lowest BCUT2D eigenvalue weighted by atomic mass is 9.94. The number of likely N-dealkylation sites (tertiary alicyclic amines) is 1. The Morgan fingerprint density at radius 3 is 2.71 bits per heavy atom. The molecule has 1 aliphatic heterocycles. The van der Waals surface area contributed by atoms with Gasteiger partial charge in [0.2, 0.25) is 0 Å². The number of aromatic nitrogens is 5. The Kier molecular flexibility index (Phi) is 4.75. The van der Waals surface area contributed by atoms with E-state index in [1.54, 1.807) is 17.9 Å². The predicted octanol–water partition coefficient (Wildman–Crippen LogP) is 3.93. The van der Waals surface area contributed by atoms with Crippen LogP contribution in [0.5, 0.6) is 0 Å². The molecule has 0 bridgehead atoms. The van der Waals surface area contributed by atoms with Crippen molar-refractivity contribution in [2.75, 3.05) is 13.1 Å². The van der Waals surface area contributed by atoms with Gasteiger partial charge in [-0.1, -0.05) is 6.92 Å². The minimum Gasteiger partial charge on any atom is -0.337 e. The quantitative estimate of drug-likeness (QED) is 0.678. The molecule has 2 aliphatic rings. The van der Waals surface area contributed by atoms with E-state index in [1.807, 2.05) is 6.07 Å². The van der Waals surface area contributed by atoms with Crippen molar-refractivity contribution in [1.29, 1.82) is 0 Å². The van der Waals surface area contributed by atoms with Crippen LogP contribution in [0.2, 0.25) is 0 Å². The van der Waals surface area contributed by atoms with E-state index in [-0.39, 0.29) is 17.5 Å². The Hall–Kier alpha value is -2.91. The molecule has 1 saturated heterocycles. The van der Waals surface area contributed by atoms with Crippen LogP contribution in [0, 0.1) is 0 Å². The Bertz CT molecular complexity index is 1130. The van der Waals surface area contributed by atoms with Gasteiger partial charge in [0, 0.05) is 42.4 Å². The largest absolute Gasteiger partial charge is 0.433 e. The Balaban J connectivity index is 1.41. The van der Waals surface area contributed by atoms with Gasteiger partial charge in [0.1, 0.15) is 11.4 Å². The number of aryl methyl sites for hydroxylation is 1. The van der Waals surface area contributed by atoms with Crippen LogP contribution in [0.15, 0.2) is 18.2 Å². The van der Waals surface area contributed by atoms with Crippen LogP contribution in [0.25, 0.3) is 5.65 Å². The molecule has 0 spiro atoms. The number of fused-ring (bicyclic) bond motifs is 1. The van der Waals surface area contributed by atoms with Crippen LogP contribution in [-0.4, -0.2) is 48.7 Å². The molecule has 5 rings (SSSR count). The van der Waals surface area contributed by atoms with E-state index < -0.39 is 11.9 Å². The van der Waals surface area contributed by atoms with Crippen LogP contribution in [0.4, 0.5) is 13.2 Å². The lowest BCUT2D eigenvalue weighted by molar-refractivity contribution is -0.142.